The van der Waals surface area contributed by atoms with E-state index in [-0.39, 0.29) is 5.91 Å². The van der Waals surface area contributed by atoms with Gasteiger partial charge in [-0.15, -0.1) is 0 Å². The van der Waals surface area contributed by atoms with Crippen LogP contribution in [0, 0.1) is 0 Å². The van der Waals surface area contributed by atoms with Gasteiger partial charge in [0.2, 0.25) is 5.91 Å². The number of imidazole rings is 1. The van der Waals surface area contributed by atoms with Crippen LogP contribution < -0.4 is 5.32 Å². The minimum absolute atomic E-state index is 0.0592. The predicted octanol–water partition coefficient (Wildman–Crippen LogP) is 6.24. The van der Waals surface area contributed by atoms with E-state index in [9.17, 15) is 4.79 Å². The number of benzene rings is 3. The van der Waals surface area contributed by atoms with E-state index in [1.54, 1.807) is 0 Å². The topological polar surface area (TPSA) is 78.3 Å². The quantitative estimate of drug-likeness (QED) is 0.276. The van der Waals surface area contributed by atoms with Crippen molar-refractivity contribution in [3.8, 4) is 11.3 Å². The molecule has 194 valence electrons. The van der Waals surface area contributed by atoms with E-state index in [4.69, 9.17) is 4.98 Å². The zero-order valence-corrected chi connectivity index (χ0v) is 21.7. The molecular weight excluding hydrogens is 484 g/mol. The Morgan fingerprint density at radius 3 is 2.79 bits per heavy atom. The number of anilines is 1. The number of amides is 1. The number of carbonyl (C=O) groups is 1. The van der Waals surface area contributed by atoms with Gasteiger partial charge in [-0.25, -0.2) is 4.98 Å². The first-order chi connectivity index (χ1) is 19.2. The summed E-state index contributed by atoms with van der Waals surface area (Å²) in [6, 6.07) is 22.7. The van der Waals surface area contributed by atoms with E-state index in [0.717, 1.165) is 77.1 Å². The molecule has 1 aliphatic rings. The summed E-state index contributed by atoms with van der Waals surface area (Å²) in [4.78, 5) is 28.0. The molecule has 4 heterocycles. The Morgan fingerprint density at radius 2 is 1.87 bits per heavy atom. The summed E-state index contributed by atoms with van der Waals surface area (Å²) in [7, 11) is 0. The molecule has 6 aromatic rings. The summed E-state index contributed by atoms with van der Waals surface area (Å²) >= 11 is 0. The van der Waals surface area contributed by atoms with Crippen LogP contribution in [0.5, 0.6) is 0 Å². The normalized spacial score (nSPS) is 14.9. The van der Waals surface area contributed by atoms with Gasteiger partial charge in [-0.2, -0.15) is 0 Å². The van der Waals surface area contributed by atoms with Gasteiger partial charge >= 0.3 is 0 Å². The van der Waals surface area contributed by atoms with Gasteiger partial charge in [0.15, 0.2) is 0 Å². The summed E-state index contributed by atoms with van der Waals surface area (Å²) in [5.41, 5.74) is 5.09. The standard InChI is InChI=1S/C32H30N6O/c39-30(35-27-7-3-5-22-4-1-2-6-26(22)27)13-18-37-16-11-24(12-17-37)32-36-31(29-21-33-15-19-38(29)32)25-9-8-23-10-14-34-28(23)20-25/h1-10,14-15,19-21,24,34H,11-13,16-18H2,(H,35,39). The number of H-pyrrole nitrogens is 1. The van der Waals surface area contributed by atoms with Crippen molar-refractivity contribution in [1.82, 2.24) is 24.3 Å². The molecule has 0 unspecified atom stereocenters. The average molecular weight is 515 g/mol. The first kappa shape index (κ1) is 23.6. The summed E-state index contributed by atoms with van der Waals surface area (Å²) in [6.07, 6.45) is 10.3. The summed E-state index contributed by atoms with van der Waals surface area (Å²) in [6.45, 7) is 2.67. The SMILES string of the molecule is O=C(CCN1CCC(c2nc(-c3ccc4cc[nH]c4c3)c3cnccn23)CC1)Nc1cccc2ccccc12. The smallest absolute Gasteiger partial charge is 0.225 e. The fourth-order valence-electron chi connectivity index (χ4n) is 5.88. The summed E-state index contributed by atoms with van der Waals surface area (Å²) < 4.78 is 2.21. The van der Waals surface area contributed by atoms with Crippen molar-refractivity contribution in [2.75, 3.05) is 25.0 Å². The number of piperidine rings is 1. The third-order valence-corrected chi connectivity index (χ3v) is 7.97. The molecule has 7 heteroatoms. The lowest BCUT2D eigenvalue weighted by Crippen LogP contribution is -2.35. The zero-order valence-electron chi connectivity index (χ0n) is 21.7. The number of nitrogens with zero attached hydrogens (tertiary/aromatic N) is 4. The highest BCUT2D eigenvalue weighted by Gasteiger charge is 2.26. The van der Waals surface area contributed by atoms with Gasteiger partial charge in [-0.05, 0) is 54.9 Å². The van der Waals surface area contributed by atoms with Crippen LogP contribution in [0.2, 0.25) is 0 Å². The molecule has 0 bridgehead atoms. The Bertz CT molecular complexity index is 1790. The monoisotopic (exact) mass is 514 g/mol. The van der Waals surface area contributed by atoms with Crippen LogP contribution in [0.15, 0.2) is 91.5 Å². The second kappa shape index (κ2) is 10.0. The number of fused-ring (bicyclic) bond motifs is 3. The molecule has 1 amide bonds. The Balaban J connectivity index is 1.02. The molecule has 2 N–H and O–H groups in total. The van der Waals surface area contributed by atoms with Crippen LogP contribution in [0.1, 0.15) is 31.0 Å². The first-order valence-corrected chi connectivity index (χ1v) is 13.6. The van der Waals surface area contributed by atoms with Gasteiger partial charge in [-0.1, -0.05) is 48.5 Å². The minimum atomic E-state index is 0.0592. The molecule has 0 aliphatic carbocycles. The van der Waals surface area contributed by atoms with Crippen molar-refractivity contribution in [3.05, 3.63) is 97.3 Å². The highest BCUT2D eigenvalue weighted by Crippen LogP contribution is 2.33. The van der Waals surface area contributed by atoms with E-state index < -0.39 is 0 Å². The second-order valence-corrected chi connectivity index (χ2v) is 10.4. The van der Waals surface area contributed by atoms with Gasteiger partial charge in [0.1, 0.15) is 5.82 Å². The minimum Gasteiger partial charge on any atom is -0.361 e. The van der Waals surface area contributed by atoms with Crippen LogP contribution in [0.4, 0.5) is 5.69 Å². The van der Waals surface area contributed by atoms with E-state index >= 15 is 0 Å². The molecule has 39 heavy (non-hydrogen) atoms. The molecule has 1 fully saturated rings. The number of aromatic amines is 1. The van der Waals surface area contributed by atoms with Crippen LogP contribution >= 0.6 is 0 Å². The molecule has 1 aliphatic heterocycles. The lowest BCUT2D eigenvalue weighted by molar-refractivity contribution is -0.116. The van der Waals surface area contributed by atoms with Crippen molar-refractivity contribution in [2.24, 2.45) is 0 Å². The second-order valence-electron chi connectivity index (χ2n) is 10.4. The predicted molar refractivity (Wildman–Crippen MR) is 156 cm³/mol. The fourth-order valence-corrected chi connectivity index (χ4v) is 5.88. The Morgan fingerprint density at radius 1 is 1.00 bits per heavy atom. The zero-order chi connectivity index (χ0) is 26.2. The van der Waals surface area contributed by atoms with E-state index in [2.05, 4.69) is 67.0 Å². The van der Waals surface area contributed by atoms with Crippen molar-refractivity contribution < 1.29 is 4.79 Å². The van der Waals surface area contributed by atoms with Crippen LogP contribution in [-0.4, -0.2) is 49.8 Å². The highest BCUT2D eigenvalue weighted by molar-refractivity contribution is 6.02. The third kappa shape index (κ3) is 4.55. The highest BCUT2D eigenvalue weighted by atomic mass is 16.1. The van der Waals surface area contributed by atoms with Crippen LogP contribution in [-0.2, 0) is 4.79 Å². The summed E-state index contributed by atoms with van der Waals surface area (Å²) in [5, 5.41) is 6.52. The van der Waals surface area contributed by atoms with Gasteiger partial charge in [-0.3, -0.25) is 14.2 Å². The van der Waals surface area contributed by atoms with Crippen molar-refractivity contribution in [2.45, 2.75) is 25.2 Å². The molecular formula is C32H30N6O. The van der Waals surface area contributed by atoms with Crippen molar-refractivity contribution in [3.63, 3.8) is 0 Å². The van der Waals surface area contributed by atoms with Gasteiger partial charge < -0.3 is 15.2 Å². The van der Waals surface area contributed by atoms with E-state index in [1.807, 2.05) is 49.1 Å². The van der Waals surface area contributed by atoms with Crippen LogP contribution in [0.3, 0.4) is 0 Å². The molecule has 1 saturated heterocycles. The number of hydrogen-bond donors (Lipinski definition) is 2. The van der Waals surface area contributed by atoms with Crippen LogP contribution in [0.25, 0.3) is 38.4 Å². The number of likely N-dealkylation sites (tertiary alicyclic amines) is 1. The molecule has 7 rings (SSSR count). The van der Waals surface area contributed by atoms with Gasteiger partial charge in [0.05, 0.1) is 17.4 Å². The Labute approximate surface area is 226 Å². The molecule has 0 radical (unpaired) electrons. The van der Waals surface area contributed by atoms with Crippen molar-refractivity contribution in [1.29, 1.82) is 0 Å². The molecule has 0 saturated carbocycles. The Kier molecular flexibility index (Phi) is 6.06. The number of aromatic nitrogens is 4. The van der Waals surface area contributed by atoms with Gasteiger partial charge in [0.25, 0.3) is 0 Å². The third-order valence-electron chi connectivity index (χ3n) is 7.97. The average Bonchev–Trinajstić information content (AvgIpc) is 3.61. The number of hydrogen-bond acceptors (Lipinski definition) is 4. The molecule has 3 aromatic heterocycles. The molecule has 0 spiro atoms. The van der Waals surface area contributed by atoms with Gasteiger partial charge in [0, 0.05) is 59.6 Å². The lowest BCUT2D eigenvalue weighted by atomic mass is 9.96. The Hall–Kier alpha value is -4.49. The molecule has 7 nitrogen and oxygen atoms in total. The fraction of sp³-hybridized carbons (Fsp3) is 0.219. The number of rotatable bonds is 6. The number of carbonyl (C=O) groups excluding carboxylic acids is 1. The largest absolute Gasteiger partial charge is 0.361 e. The summed E-state index contributed by atoms with van der Waals surface area (Å²) in [5.74, 6) is 1.52. The maximum atomic E-state index is 12.8. The molecule has 0 atom stereocenters. The molecule has 3 aromatic carbocycles. The maximum Gasteiger partial charge on any atom is 0.225 e. The first-order valence-electron chi connectivity index (χ1n) is 13.6. The van der Waals surface area contributed by atoms with Crippen molar-refractivity contribution >= 4 is 38.8 Å². The lowest BCUT2D eigenvalue weighted by Gasteiger charge is -2.31. The number of nitrogens with one attached hydrogen (secondary N) is 2. The van der Waals surface area contributed by atoms with E-state index in [0.29, 0.717) is 12.3 Å². The maximum absolute atomic E-state index is 12.8. The van der Waals surface area contributed by atoms with E-state index in [1.165, 1.54) is 5.39 Å².